The summed E-state index contributed by atoms with van der Waals surface area (Å²) in [5, 5.41) is 8.58. The van der Waals surface area contributed by atoms with Crippen molar-refractivity contribution in [3.63, 3.8) is 0 Å². The molecule has 0 heterocycles. The summed E-state index contributed by atoms with van der Waals surface area (Å²) in [7, 11) is 0. The third kappa shape index (κ3) is 12.7. The number of carbonyl (C=O) groups excluding carboxylic acids is 2. The lowest BCUT2D eigenvalue weighted by molar-refractivity contribution is -0.149. The van der Waals surface area contributed by atoms with Crippen LogP contribution in [0.25, 0.3) is 0 Å². The van der Waals surface area contributed by atoms with E-state index in [9.17, 15) is 14.4 Å². The first-order chi connectivity index (χ1) is 9.94. The largest absolute Gasteiger partial charge is 0.478 e. The number of ether oxygens (including phenoxy) is 2. The number of carboxylic acids is 1. The average molecular weight is 312 g/mol. The van der Waals surface area contributed by atoms with Gasteiger partial charge in [0.05, 0.1) is 12.2 Å². The standard InChI is InChI=1S/C11H16O4.C5H8O2/c1-7(9(12)13)6-8(2)10(14)15-11(3,4)5;1-3-5(6)7-4-2/h6H,2H2,1,3-5H3,(H,12,13);3H,1,4H2,2H3. The van der Waals surface area contributed by atoms with E-state index in [0.717, 1.165) is 6.08 Å². The topological polar surface area (TPSA) is 89.9 Å². The smallest absolute Gasteiger partial charge is 0.338 e. The zero-order valence-corrected chi connectivity index (χ0v) is 13.8. The Kier molecular flexibility index (Phi) is 10.3. The van der Waals surface area contributed by atoms with Gasteiger partial charge in [-0.2, -0.15) is 0 Å². The van der Waals surface area contributed by atoms with Gasteiger partial charge in [-0.05, 0) is 40.7 Å². The lowest BCUT2D eigenvalue weighted by atomic mass is 10.1. The predicted octanol–water partition coefficient (Wildman–Crippen LogP) is 2.65. The van der Waals surface area contributed by atoms with Crippen LogP contribution in [0.15, 0.2) is 36.5 Å². The lowest BCUT2D eigenvalue weighted by Gasteiger charge is -2.19. The third-order valence-corrected chi connectivity index (χ3v) is 1.84. The number of hydrogen-bond acceptors (Lipinski definition) is 5. The number of carboxylic acid groups (broad SMARTS) is 1. The van der Waals surface area contributed by atoms with Crippen molar-refractivity contribution in [2.45, 2.75) is 40.2 Å². The van der Waals surface area contributed by atoms with E-state index in [-0.39, 0.29) is 17.1 Å². The normalized spacial score (nSPS) is 10.7. The summed E-state index contributed by atoms with van der Waals surface area (Å²) in [4.78, 5) is 31.9. The molecule has 0 atom stereocenters. The highest BCUT2D eigenvalue weighted by molar-refractivity contribution is 5.95. The van der Waals surface area contributed by atoms with Gasteiger partial charge in [0, 0.05) is 11.6 Å². The average Bonchev–Trinajstić information content (AvgIpc) is 2.37. The minimum atomic E-state index is -1.08. The molecule has 1 N–H and O–H groups in total. The van der Waals surface area contributed by atoms with Gasteiger partial charge in [-0.1, -0.05) is 13.2 Å². The van der Waals surface area contributed by atoms with Crippen molar-refractivity contribution in [3.05, 3.63) is 36.5 Å². The molecule has 0 aromatic heterocycles. The molecule has 0 radical (unpaired) electrons. The minimum Gasteiger partial charge on any atom is -0.478 e. The van der Waals surface area contributed by atoms with Crippen LogP contribution in [0.5, 0.6) is 0 Å². The second-order valence-corrected chi connectivity index (χ2v) is 5.12. The van der Waals surface area contributed by atoms with Crippen LogP contribution in [0, 0.1) is 0 Å². The molecule has 0 fully saturated rings. The molecule has 6 heteroatoms. The second-order valence-electron chi connectivity index (χ2n) is 5.12. The molecule has 0 spiro atoms. The van der Waals surface area contributed by atoms with Crippen molar-refractivity contribution >= 4 is 17.9 Å². The van der Waals surface area contributed by atoms with Crippen LogP contribution in [0.3, 0.4) is 0 Å². The van der Waals surface area contributed by atoms with Crippen LogP contribution in [0.1, 0.15) is 34.6 Å². The van der Waals surface area contributed by atoms with Gasteiger partial charge in [-0.15, -0.1) is 0 Å². The fourth-order valence-electron chi connectivity index (χ4n) is 0.927. The molecule has 0 rings (SSSR count). The Morgan fingerprint density at radius 2 is 1.73 bits per heavy atom. The third-order valence-electron chi connectivity index (χ3n) is 1.84. The number of aliphatic carboxylic acids is 1. The Labute approximate surface area is 131 Å². The highest BCUT2D eigenvalue weighted by atomic mass is 16.6. The summed E-state index contributed by atoms with van der Waals surface area (Å²) >= 11 is 0. The Hall–Kier alpha value is -2.37. The van der Waals surface area contributed by atoms with Crippen molar-refractivity contribution in [2.75, 3.05) is 6.61 Å². The number of carbonyl (C=O) groups is 3. The van der Waals surface area contributed by atoms with E-state index >= 15 is 0 Å². The minimum absolute atomic E-state index is 0.0322. The fourth-order valence-corrected chi connectivity index (χ4v) is 0.927. The molecular formula is C16H24O6. The molecule has 0 aliphatic carbocycles. The molecule has 0 aromatic carbocycles. The molecule has 0 bridgehead atoms. The van der Waals surface area contributed by atoms with E-state index in [1.165, 1.54) is 13.0 Å². The van der Waals surface area contributed by atoms with Gasteiger partial charge in [0.15, 0.2) is 0 Å². The van der Waals surface area contributed by atoms with Crippen molar-refractivity contribution in [1.29, 1.82) is 0 Å². The van der Waals surface area contributed by atoms with Crippen molar-refractivity contribution < 1.29 is 29.0 Å². The van der Waals surface area contributed by atoms with Crippen molar-refractivity contribution in [2.24, 2.45) is 0 Å². The molecule has 0 unspecified atom stereocenters. The van der Waals surface area contributed by atoms with E-state index in [0.29, 0.717) is 6.61 Å². The maximum Gasteiger partial charge on any atom is 0.338 e. The van der Waals surface area contributed by atoms with E-state index in [2.05, 4.69) is 17.9 Å². The number of hydrogen-bond donors (Lipinski definition) is 1. The summed E-state index contributed by atoms with van der Waals surface area (Å²) in [6.45, 7) is 15.4. The van der Waals surface area contributed by atoms with Gasteiger partial charge in [0.1, 0.15) is 5.60 Å². The highest BCUT2D eigenvalue weighted by Gasteiger charge is 2.18. The Bertz CT molecular complexity index is 466. The Morgan fingerprint density at radius 3 is 2.00 bits per heavy atom. The van der Waals surface area contributed by atoms with Gasteiger partial charge in [-0.3, -0.25) is 0 Å². The van der Waals surface area contributed by atoms with Gasteiger partial charge in [0.2, 0.25) is 0 Å². The zero-order valence-electron chi connectivity index (χ0n) is 13.8. The summed E-state index contributed by atoms with van der Waals surface area (Å²) in [6.07, 6.45) is 2.33. The predicted molar refractivity (Wildman–Crippen MR) is 83.2 cm³/mol. The molecular weight excluding hydrogens is 288 g/mol. The van der Waals surface area contributed by atoms with Gasteiger partial charge in [-0.25, -0.2) is 14.4 Å². The van der Waals surface area contributed by atoms with E-state index in [1.807, 2.05) is 0 Å². The Morgan fingerprint density at radius 1 is 1.23 bits per heavy atom. The first-order valence-corrected chi connectivity index (χ1v) is 6.57. The van der Waals surface area contributed by atoms with Crippen LogP contribution in [0.2, 0.25) is 0 Å². The van der Waals surface area contributed by atoms with E-state index < -0.39 is 17.5 Å². The van der Waals surface area contributed by atoms with Crippen LogP contribution in [-0.4, -0.2) is 35.2 Å². The maximum atomic E-state index is 11.4. The number of rotatable bonds is 5. The molecule has 0 saturated heterocycles. The summed E-state index contributed by atoms with van der Waals surface area (Å²) < 4.78 is 9.44. The van der Waals surface area contributed by atoms with Crippen molar-refractivity contribution in [1.82, 2.24) is 0 Å². The maximum absolute atomic E-state index is 11.4. The first kappa shape index (κ1) is 21.9. The summed E-state index contributed by atoms with van der Waals surface area (Å²) in [6, 6.07) is 0. The summed E-state index contributed by atoms with van der Waals surface area (Å²) in [5.41, 5.74) is -0.527. The quantitative estimate of drug-likeness (QED) is 0.477. The molecule has 124 valence electrons. The summed E-state index contributed by atoms with van der Waals surface area (Å²) in [5.74, 6) is -2.05. The molecule has 0 aliphatic heterocycles. The molecule has 0 aliphatic rings. The fraction of sp³-hybridized carbons (Fsp3) is 0.438. The van der Waals surface area contributed by atoms with E-state index in [1.54, 1.807) is 27.7 Å². The van der Waals surface area contributed by atoms with E-state index in [4.69, 9.17) is 9.84 Å². The van der Waals surface area contributed by atoms with Crippen LogP contribution in [0.4, 0.5) is 0 Å². The number of esters is 2. The highest BCUT2D eigenvalue weighted by Crippen LogP contribution is 2.11. The second kappa shape index (κ2) is 10.4. The first-order valence-electron chi connectivity index (χ1n) is 6.57. The Balaban J connectivity index is 0. The van der Waals surface area contributed by atoms with Crippen LogP contribution < -0.4 is 0 Å². The molecule has 0 aromatic rings. The molecule has 6 nitrogen and oxygen atoms in total. The molecule has 0 amide bonds. The van der Waals surface area contributed by atoms with Gasteiger partial charge >= 0.3 is 17.9 Å². The van der Waals surface area contributed by atoms with Gasteiger partial charge < -0.3 is 14.6 Å². The zero-order chi connectivity index (χ0) is 17.9. The van der Waals surface area contributed by atoms with Crippen LogP contribution in [-0.2, 0) is 23.9 Å². The molecule has 22 heavy (non-hydrogen) atoms. The SMILES string of the molecule is C=C(C=C(C)C(=O)O)C(=O)OC(C)(C)C.C=CC(=O)OCC. The van der Waals surface area contributed by atoms with Crippen LogP contribution >= 0.6 is 0 Å². The van der Waals surface area contributed by atoms with Gasteiger partial charge in [0.25, 0.3) is 0 Å². The monoisotopic (exact) mass is 312 g/mol. The lowest BCUT2D eigenvalue weighted by Crippen LogP contribution is -2.24. The molecule has 0 saturated carbocycles. The van der Waals surface area contributed by atoms with Crippen molar-refractivity contribution in [3.8, 4) is 0 Å².